The standard InChI is InChI=1S/C15H22N4O2S/c1-4-16-14(18-9-13-17-8-11(2)22-13)19-10-15(3,20)12-6-5-7-21-12/h5-8,20H,4,9-10H2,1-3H3,(H2,16,18,19). The van der Waals surface area contributed by atoms with Gasteiger partial charge in [-0.3, -0.25) is 0 Å². The fraction of sp³-hybridized carbons (Fsp3) is 0.467. The minimum Gasteiger partial charge on any atom is -0.466 e. The van der Waals surface area contributed by atoms with Crippen molar-refractivity contribution in [1.29, 1.82) is 0 Å². The fourth-order valence-electron chi connectivity index (χ4n) is 1.89. The first-order valence-electron chi connectivity index (χ1n) is 7.21. The van der Waals surface area contributed by atoms with Gasteiger partial charge in [0.05, 0.1) is 19.4 Å². The van der Waals surface area contributed by atoms with Gasteiger partial charge in [-0.25, -0.2) is 9.98 Å². The zero-order valence-corrected chi connectivity index (χ0v) is 13.9. The highest BCUT2D eigenvalue weighted by molar-refractivity contribution is 7.11. The van der Waals surface area contributed by atoms with Crippen LogP contribution in [0.15, 0.2) is 34.0 Å². The van der Waals surface area contributed by atoms with E-state index in [-0.39, 0.29) is 0 Å². The molecule has 0 aliphatic carbocycles. The lowest BCUT2D eigenvalue weighted by Gasteiger charge is -2.22. The first kappa shape index (κ1) is 16.5. The summed E-state index contributed by atoms with van der Waals surface area (Å²) in [7, 11) is 0. The summed E-state index contributed by atoms with van der Waals surface area (Å²) in [5, 5.41) is 17.7. The predicted octanol–water partition coefficient (Wildman–Crippen LogP) is 2.01. The molecule has 0 spiro atoms. The second-order valence-corrected chi connectivity index (χ2v) is 6.48. The van der Waals surface area contributed by atoms with Gasteiger partial charge in [0, 0.05) is 17.6 Å². The van der Waals surface area contributed by atoms with Crippen molar-refractivity contribution >= 4 is 17.3 Å². The van der Waals surface area contributed by atoms with E-state index >= 15 is 0 Å². The number of rotatable bonds is 6. The zero-order valence-electron chi connectivity index (χ0n) is 13.1. The molecule has 120 valence electrons. The average molecular weight is 322 g/mol. The Labute approximate surface area is 134 Å². The third-order valence-corrected chi connectivity index (χ3v) is 3.94. The average Bonchev–Trinajstić information content (AvgIpc) is 3.13. The Morgan fingerprint density at radius 1 is 1.50 bits per heavy atom. The van der Waals surface area contributed by atoms with Crippen LogP contribution in [-0.2, 0) is 12.1 Å². The van der Waals surface area contributed by atoms with Crippen molar-refractivity contribution in [3.8, 4) is 0 Å². The van der Waals surface area contributed by atoms with Crippen LogP contribution in [0.4, 0.5) is 0 Å². The molecule has 1 atom stereocenters. The van der Waals surface area contributed by atoms with Crippen molar-refractivity contribution in [3.05, 3.63) is 40.2 Å². The molecule has 0 aromatic carbocycles. The zero-order chi connectivity index (χ0) is 16.0. The molecule has 22 heavy (non-hydrogen) atoms. The predicted molar refractivity (Wildman–Crippen MR) is 87.9 cm³/mol. The molecule has 0 fully saturated rings. The number of nitrogens with one attached hydrogen (secondary N) is 2. The van der Waals surface area contributed by atoms with E-state index in [1.54, 1.807) is 36.7 Å². The molecule has 2 aromatic heterocycles. The third-order valence-electron chi connectivity index (χ3n) is 3.04. The molecule has 0 aliphatic heterocycles. The van der Waals surface area contributed by atoms with Crippen molar-refractivity contribution in [2.24, 2.45) is 4.99 Å². The Kier molecular flexibility index (Phi) is 5.57. The number of nitrogens with zero attached hydrogens (tertiary/aromatic N) is 2. The van der Waals surface area contributed by atoms with Gasteiger partial charge in [0.15, 0.2) is 5.96 Å². The topological polar surface area (TPSA) is 82.7 Å². The third kappa shape index (κ3) is 4.57. The number of aliphatic hydroxyl groups is 1. The highest BCUT2D eigenvalue weighted by Crippen LogP contribution is 2.19. The summed E-state index contributed by atoms with van der Waals surface area (Å²) in [5.41, 5.74) is -1.10. The van der Waals surface area contributed by atoms with Gasteiger partial charge in [0.2, 0.25) is 0 Å². The van der Waals surface area contributed by atoms with Crippen LogP contribution in [0, 0.1) is 6.92 Å². The maximum atomic E-state index is 10.4. The molecule has 1 unspecified atom stereocenters. The summed E-state index contributed by atoms with van der Waals surface area (Å²) in [6.45, 7) is 7.27. The van der Waals surface area contributed by atoms with E-state index in [0.29, 0.717) is 24.8 Å². The Morgan fingerprint density at radius 3 is 2.91 bits per heavy atom. The van der Waals surface area contributed by atoms with Crippen LogP contribution >= 0.6 is 11.3 Å². The number of aryl methyl sites for hydroxylation is 1. The maximum absolute atomic E-state index is 10.4. The van der Waals surface area contributed by atoms with Crippen LogP contribution in [0.25, 0.3) is 0 Å². The summed E-state index contributed by atoms with van der Waals surface area (Å²) >= 11 is 1.63. The first-order chi connectivity index (χ1) is 10.5. The van der Waals surface area contributed by atoms with E-state index in [4.69, 9.17) is 4.42 Å². The summed E-state index contributed by atoms with van der Waals surface area (Å²) < 4.78 is 5.26. The van der Waals surface area contributed by atoms with Gasteiger partial charge in [-0.2, -0.15) is 0 Å². The quantitative estimate of drug-likeness (QED) is 0.560. The second kappa shape index (κ2) is 7.42. The van der Waals surface area contributed by atoms with Gasteiger partial charge < -0.3 is 20.2 Å². The summed E-state index contributed by atoms with van der Waals surface area (Å²) in [6, 6.07) is 3.51. The maximum Gasteiger partial charge on any atom is 0.191 e. The summed E-state index contributed by atoms with van der Waals surface area (Å²) in [6.07, 6.45) is 3.39. The number of aliphatic imine (C=N–C) groups is 1. The van der Waals surface area contributed by atoms with Gasteiger partial charge >= 0.3 is 0 Å². The fourth-order valence-corrected chi connectivity index (χ4v) is 2.60. The Morgan fingerprint density at radius 2 is 2.32 bits per heavy atom. The highest BCUT2D eigenvalue weighted by Gasteiger charge is 2.26. The van der Waals surface area contributed by atoms with Crippen molar-refractivity contribution in [2.45, 2.75) is 32.9 Å². The number of furan rings is 1. The molecule has 6 nitrogen and oxygen atoms in total. The molecule has 0 amide bonds. The lowest BCUT2D eigenvalue weighted by Crippen LogP contribution is -2.44. The largest absolute Gasteiger partial charge is 0.466 e. The van der Waals surface area contributed by atoms with Crippen molar-refractivity contribution in [2.75, 3.05) is 13.1 Å². The molecular weight excluding hydrogens is 300 g/mol. The van der Waals surface area contributed by atoms with Gasteiger partial charge in [-0.05, 0) is 32.9 Å². The minimum atomic E-state index is -1.10. The van der Waals surface area contributed by atoms with Crippen molar-refractivity contribution in [1.82, 2.24) is 15.6 Å². The minimum absolute atomic E-state index is 0.295. The molecule has 2 aromatic rings. The monoisotopic (exact) mass is 322 g/mol. The highest BCUT2D eigenvalue weighted by atomic mass is 32.1. The van der Waals surface area contributed by atoms with E-state index in [0.717, 1.165) is 11.6 Å². The van der Waals surface area contributed by atoms with Crippen LogP contribution in [0.5, 0.6) is 0 Å². The smallest absolute Gasteiger partial charge is 0.191 e. The van der Waals surface area contributed by atoms with Gasteiger partial charge in [0.1, 0.15) is 16.4 Å². The molecule has 0 saturated carbocycles. The first-order valence-corrected chi connectivity index (χ1v) is 8.03. The molecule has 0 aliphatic rings. The van der Waals surface area contributed by atoms with Crippen LogP contribution in [-0.4, -0.2) is 29.1 Å². The van der Waals surface area contributed by atoms with E-state index in [1.807, 2.05) is 20.0 Å². The lowest BCUT2D eigenvalue weighted by atomic mass is 10.0. The number of aromatic nitrogens is 1. The van der Waals surface area contributed by atoms with Crippen molar-refractivity contribution in [3.63, 3.8) is 0 Å². The lowest BCUT2D eigenvalue weighted by molar-refractivity contribution is 0.0386. The molecule has 3 N–H and O–H groups in total. The number of thiazole rings is 1. The molecule has 0 saturated heterocycles. The Bertz CT molecular complexity index is 605. The van der Waals surface area contributed by atoms with Gasteiger partial charge in [-0.15, -0.1) is 11.3 Å². The van der Waals surface area contributed by atoms with E-state index in [1.165, 1.54) is 4.88 Å². The molecule has 0 bridgehead atoms. The molecule has 2 rings (SSSR count). The van der Waals surface area contributed by atoms with E-state index in [9.17, 15) is 5.11 Å². The number of hydrogen-bond donors (Lipinski definition) is 3. The van der Waals surface area contributed by atoms with Crippen molar-refractivity contribution < 1.29 is 9.52 Å². The number of hydrogen-bond acceptors (Lipinski definition) is 5. The Hall–Kier alpha value is -1.86. The molecule has 2 heterocycles. The summed E-state index contributed by atoms with van der Waals surface area (Å²) in [4.78, 5) is 9.94. The normalized spacial score (nSPS) is 14.6. The molecule has 0 radical (unpaired) electrons. The van der Waals surface area contributed by atoms with Gasteiger partial charge in [0.25, 0.3) is 0 Å². The summed E-state index contributed by atoms with van der Waals surface area (Å²) in [5.74, 6) is 1.16. The van der Waals surface area contributed by atoms with E-state index in [2.05, 4.69) is 20.6 Å². The molecular formula is C15H22N4O2S. The second-order valence-electron chi connectivity index (χ2n) is 5.16. The van der Waals surface area contributed by atoms with E-state index < -0.39 is 5.60 Å². The Balaban J connectivity index is 1.96. The van der Waals surface area contributed by atoms with Crippen LogP contribution in [0.1, 0.15) is 29.5 Å². The van der Waals surface area contributed by atoms with Crippen LogP contribution in [0.3, 0.4) is 0 Å². The van der Waals surface area contributed by atoms with Crippen LogP contribution in [0.2, 0.25) is 0 Å². The van der Waals surface area contributed by atoms with Gasteiger partial charge in [-0.1, -0.05) is 0 Å². The number of guanidine groups is 1. The molecule has 7 heteroatoms. The SMILES string of the molecule is CCNC(=NCc1ncc(C)s1)NCC(C)(O)c1ccco1. The van der Waals surface area contributed by atoms with Crippen LogP contribution < -0.4 is 10.6 Å².